The molecule has 1 aromatic heterocycles. The third-order valence-corrected chi connectivity index (χ3v) is 9.70. The summed E-state index contributed by atoms with van der Waals surface area (Å²) < 4.78 is 11.4. The SMILES string of the molecule is CC(C)(C)OC(=O)CON=C(C(=O)NC1C(=O)N2CC(C=CCl)(C(=O)OC(c3ccccc3)c3ccccc3)CS[C@H]12)c1csc(N)n1. The highest BCUT2D eigenvalue weighted by Gasteiger charge is 2.57. The van der Waals surface area contributed by atoms with E-state index in [0.717, 1.165) is 22.5 Å². The Labute approximate surface area is 290 Å². The molecule has 0 spiro atoms. The number of esters is 2. The molecule has 252 valence electrons. The van der Waals surface area contributed by atoms with E-state index in [0.29, 0.717) is 0 Å². The van der Waals surface area contributed by atoms with Gasteiger partial charge in [-0.25, -0.2) is 9.78 Å². The van der Waals surface area contributed by atoms with Crippen LogP contribution in [0.25, 0.3) is 0 Å². The van der Waals surface area contributed by atoms with Crippen LogP contribution in [0.5, 0.6) is 0 Å². The van der Waals surface area contributed by atoms with Gasteiger partial charge < -0.3 is 30.3 Å². The average molecular weight is 712 g/mol. The second-order valence-corrected chi connectivity index (χ2v) is 14.3. The molecule has 2 amide bonds. The molecule has 3 aromatic rings. The molecule has 2 aliphatic rings. The highest BCUT2D eigenvalue weighted by atomic mass is 35.5. The summed E-state index contributed by atoms with van der Waals surface area (Å²) in [7, 11) is 0. The predicted molar refractivity (Wildman–Crippen MR) is 183 cm³/mol. The number of nitrogens with two attached hydrogens (primary N) is 1. The first-order valence-corrected chi connectivity index (χ1v) is 17.2. The smallest absolute Gasteiger partial charge is 0.347 e. The van der Waals surface area contributed by atoms with Gasteiger partial charge in [0.2, 0.25) is 12.5 Å². The van der Waals surface area contributed by atoms with Crippen molar-refractivity contribution in [1.82, 2.24) is 15.2 Å². The van der Waals surface area contributed by atoms with Crippen molar-refractivity contribution in [1.29, 1.82) is 0 Å². The molecule has 3 heterocycles. The number of nitrogens with zero attached hydrogens (tertiary/aromatic N) is 3. The van der Waals surface area contributed by atoms with Crippen molar-refractivity contribution in [3.05, 3.63) is 94.5 Å². The van der Waals surface area contributed by atoms with Crippen molar-refractivity contribution in [2.24, 2.45) is 10.6 Å². The van der Waals surface area contributed by atoms with Crippen molar-refractivity contribution >= 4 is 69.3 Å². The molecule has 0 radical (unpaired) electrons. The summed E-state index contributed by atoms with van der Waals surface area (Å²) in [6, 6.07) is 17.8. The Kier molecular flexibility index (Phi) is 10.8. The van der Waals surface area contributed by atoms with E-state index in [1.807, 2.05) is 60.7 Å². The minimum atomic E-state index is -1.24. The molecular weight excluding hydrogens is 678 g/mol. The van der Waals surface area contributed by atoms with Gasteiger partial charge in [-0.05, 0) is 31.9 Å². The molecule has 2 saturated heterocycles. The number of thiazole rings is 1. The number of nitrogen functional groups attached to an aromatic ring is 1. The number of amides is 2. The number of halogens is 1. The van der Waals surface area contributed by atoms with E-state index in [-0.39, 0.29) is 28.8 Å². The first kappa shape index (κ1) is 34.9. The van der Waals surface area contributed by atoms with Crippen LogP contribution in [0, 0.1) is 5.41 Å². The normalized spacial score (nSPS) is 21.0. The number of benzene rings is 2. The zero-order chi connectivity index (χ0) is 34.5. The van der Waals surface area contributed by atoms with E-state index < -0.39 is 58.9 Å². The minimum Gasteiger partial charge on any atom is -0.457 e. The third kappa shape index (κ3) is 8.00. The highest BCUT2D eigenvalue weighted by Crippen LogP contribution is 2.44. The van der Waals surface area contributed by atoms with Crippen molar-refractivity contribution in [2.45, 2.75) is 43.9 Å². The maximum atomic E-state index is 14.0. The highest BCUT2D eigenvalue weighted by molar-refractivity contribution is 8.00. The number of ether oxygens (including phenoxy) is 2. The van der Waals surface area contributed by atoms with Gasteiger partial charge in [-0.1, -0.05) is 83.5 Å². The minimum absolute atomic E-state index is 0.00319. The van der Waals surface area contributed by atoms with Gasteiger partial charge in [0, 0.05) is 23.2 Å². The summed E-state index contributed by atoms with van der Waals surface area (Å²) in [6.45, 7) is 4.57. The molecule has 0 aliphatic carbocycles. The molecule has 48 heavy (non-hydrogen) atoms. The van der Waals surface area contributed by atoms with Gasteiger partial charge in [-0.2, -0.15) is 0 Å². The molecule has 15 heteroatoms. The van der Waals surface area contributed by atoms with E-state index in [1.165, 1.54) is 27.6 Å². The third-order valence-electron chi connectivity index (χ3n) is 7.35. The summed E-state index contributed by atoms with van der Waals surface area (Å²) in [5.41, 5.74) is 6.48. The van der Waals surface area contributed by atoms with Gasteiger partial charge in [0.1, 0.15) is 28.1 Å². The van der Waals surface area contributed by atoms with E-state index in [2.05, 4.69) is 15.5 Å². The van der Waals surface area contributed by atoms with E-state index in [4.69, 9.17) is 31.6 Å². The first-order valence-electron chi connectivity index (χ1n) is 14.9. The van der Waals surface area contributed by atoms with E-state index in [1.54, 1.807) is 26.8 Å². The Bertz CT molecular complexity index is 1670. The van der Waals surface area contributed by atoms with Crippen LogP contribution in [0.4, 0.5) is 5.13 Å². The van der Waals surface area contributed by atoms with Crippen LogP contribution >= 0.6 is 34.7 Å². The van der Waals surface area contributed by atoms with Gasteiger partial charge in [-0.3, -0.25) is 14.4 Å². The molecule has 5 rings (SSSR count). The Balaban J connectivity index is 1.29. The lowest BCUT2D eigenvalue weighted by Crippen LogP contribution is -2.74. The molecule has 2 aromatic carbocycles. The molecule has 0 bridgehead atoms. The number of thioether (sulfide) groups is 1. The molecule has 3 atom stereocenters. The van der Waals surface area contributed by atoms with Crippen molar-refractivity contribution in [2.75, 3.05) is 24.6 Å². The topological polar surface area (TPSA) is 163 Å². The Morgan fingerprint density at radius 1 is 1.15 bits per heavy atom. The van der Waals surface area contributed by atoms with Gasteiger partial charge in [0.25, 0.3) is 5.91 Å². The maximum Gasteiger partial charge on any atom is 0.347 e. The number of carbonyl (C=O) groups excluding carboxylic acids is 4. The number of rotatable bonds is 11. The van der Waals surface area contributed by atoms with Crippen LogP contribution in [-0.4, -0.2) is 75.3 Å². The largest absolute Gasteiger partial charge is 0.457 e. The van der Waals surface area contributed by atoms with Crippen LogP contribution in [0.15, 0.2) is 82.8 Å². The lowest BCUT2D eigenvalue weighted by molar-refractivity contribution is -0.162. The van der Waals surface area contributed by atoms with Crippen molar-refractivity contribution in [3.8, 4) is 0 Å². The number of anilines is 1. The fourth-order valence-corrected chi connectivity index (χ4v) is 7.44. The standard InChI is InChI=1S/C33H34ClN5O7S2/c1-32(2,3)46-23(40)16-44-38-24(22-17-47-31(35)36-22)27(41)37-25-28(42)39-18-33(14-15-34,19-48-29(25)39)30(43)45-26(20-10-6-4-7-11-20)21-12-8-5-9-13-21/h4-15,17,25-26,29H,16,18-19H2,1-3H3,(H2,35,36)(H,37,41)/t25?,29-,33?/m1/s1. The number of carbonyl (C=O) groups is 4. The average Bonchev–Trinajstić information content (AvgIpc) is 3.49. The second-order valence-electron chi connectivity index (χ2n) is 12.0. The van der Waals surface area contributed by atoms with E-state index >= 15 is 0 Å². The molecule has 3 N–H and O–H groups in total. The number of aromatic nitrogens is 1. The zero-order valence-corrected chi connectivity index (χ0v) is 28.7. The predicted octanol–water partition coefficient (Wildman–Crippen LogP) is 4.26. The quantitative estimate of drug-likeness (QED) is 0.127. The van der Waals surface area contributed by atoms with Crippen LogP contribution in [-0.2, 0) is 33.5 Å². The summed E-state index contributed by atoms with van der Waals surface area (Å²) in [6.07, 6.45) is 0.864. The lowest BCUT2D eigenvalue weighted by atomic mass is 9.87. The van der Waals surface area contributed by atoms with Crippen LogP contribution in [0.3, 0.4) is 0 Å². The molecular formula is C33H34ClN5O7S2. The number of oxime groups is 1. The Morgan fingerprint density at radius 3 is 2.35 bits per heavy atom. The second kappa shape index (κ2) is 14.8. The maximum absolute atomic E-state index is 14.0. The molecule has 0 saturated carbocycles. The van der Waals surface area contributed by atoms with Crippen molar-refractivity contribution < 1.29 is 33.5 Å². The number of β-lactam (4-membered cyclic amide) rings is 1. The lowest BCUT2D eigenvalue weighted by Gasteiger charge is -2.53. The Morgan fingerprint density at radius 2 is 1.79 bits per heavy atom. The van der Waals surface area contributed by atoms with Gasteiger partial charge in [0.05, 0.1) is 0 Å². The fraction of sp³-hybridized carbons (Fsp3) is 0.333. The van der Waals surface area contributed by atoms with Crippen LogP contribution < -0.4 is 11.1 Å². The summed E-state index contributed by atoms with van der Waals surface area (Å²) in [4.78, 5) is 63.6. The molecule has 2 aliphatic heterocycles. The molecule has 2 unspecified atom stereocenters. The first-order chi connectivity index (χ1) is 22.9. The monoisotopic (exact) mass is 711 g/mol. The number of hydrogen-bond acceptors (Lipinski definition) is 12. The van der Waals surface area contributed by atoms with Gasteiger partial charge in [0.15, 0.2) is 16.9 Å². The summed E-state index contributed by atoms with van der Waals surface area (Å²) in [5.74, 6) is -2.15. The summed E-state index contributed by atoms with van der Waals surface area (Å²) in [5, 5.41) is 7.75. The fourth-order valence-electron chi connectivity index (χ4n) is 5.15. The van der Waals surface area contributed by atoms with Gasteiger partial charge >= 0.3 is 11.9 Å². The zero-order valence-electron chi connectivity index (χ0n) is 26.3. The summed E-state index contributed by atoms with van der Waals surface area (Å²) >= 11 is 8.43. The number of fused-ring (bicyclic) bond motifs is 1. The van der Waals surface area contributed by atoms with Crippen molar-refractivity contribution in [3.63, 3.8) is 0 Å². The van der Waals surface area contributed by atoms with Crippen LogP contribution in [0.2, 0.25) is 0 Å². The van der Waals surface area contributed by atoms with Crippen LogP contribution in [0.1, 0.15) is 43.7 Å². The van der Waals surface area contributed by atoms with E-state index in [9.17, 15) is 19.2 Å². The molecule has 2 fully saturated rings. The molecule has 12 nitrogen and oxygen atoms in total. The Hall–Kier alpha value is -4.40. The number of hydrogen-bond donors (Lipinski definition) is 2. The number of nitrogens with one attached hydrogen (secondary N) is 1. The van der Waals surface area contributed by atoms with Gasteiger partial charge in [-0.15, -0.1) is 23.1 Å².